The van der Waals surface area contributed by atoms with Gasteiger partial charge >= 0.3 is 0 Å². The van der Waals surface area contributed by atoms with Gasteiger partial charge in [0.15, 0.2) is 0 Å². The lowest BCUT2D eigenvalue weighted by molar-refractivity contribution is -0.0667. The molecule has 2 rings (SSSR count). The third-order valence-electron chi connectivity index (χ3n) is 4.08. The van der Waals surface area contributed by atoms with Gasteiger partial charge in [-0.25, -0.2) is 0 Å². The monoisotopic (exact) mass is 196 g/mol. The van der Waals surface area contributed by atoms with E-state index in [0.29, 0.717) is 12.2 Å². The average Bonchev–Trinajstić information content (AvgIpc) is 2.65. The molecule has 3 atom stereocenters. The van der Waals surface area contributed by atoms with Crippen LogP contribution in [0.3, 0.4) is 0 Å². The molecule has 0 aromatic rings. The SMILES string of the molecule is C=C1CC2C(CC1OCOC)C2(C)C. The van der Waals surface area contributed by atoms with Gasteiger partial charge in [-0.15, -0.1) is 0 Å². The first-order valence-electron chi connectivity index (χ1n) is 5.35. The molecule has 2 fully saturated rings. The molecule has 2 aliphatic rings. The van der Waals surface area contributed by atoms with E-state index < -0.39 is 0 Å². The molecule has 0 radical (unpaired) electrons. The fourth-order valence-corrected chi connectivity index (χ4v) is 2.88. The molecule has 2 nitrogen and oxygen atoms in total. The summed E-state index contributed by atoms with van der Waals surface area (Å²) < 4.78 is 10.5. The summed E-state index contributed by atoms with van der Waals surface area (Å²) in [4.78, 5) is 0. The topological polar surface area (TPSA) is 18.5 Å². The Kier molecular flexibility index (Phi) is 2.44. The average molecular weight is 196 g/mol. The fraction of sp³-hybridized carbons (Fsp3) is 0.833. The number of hydrogen-bond acceptors (Lipinski definition) is 2. The van der Waals surface area contributed by atoms with Crippen LogP contribution in [0.25, 0.3) is 0 Å². The van der Waals surface area contributed by atoms with E-state index >= 15 is 0 Å². The number of methoxy groups -OCH3 is 1. The van der Waals surface area contributed by atoms with Gasteiger partial charge in [-0.2, -0.15) is 0 Å². The lowest BCUT2D eigenvalue weighted by atomic mass is 9.93. The van der Waals surface area contributed by atoms with Gasteiger partial charge in [0.2, 0.25) is 0 Å². The van der Waals surface area contributed by atoms with E-state index in [1.807, 2.05) is 0 Å². The second-order valence-corrected chi connectivity index (χ2v) is 5.19. The summed E-state index contributed by atoms with van der Waals surface area (Å²) in [5.74, 6) is 1.70. The summed E-state index contributed by atoms with van der Waals surface area (Å²) in [6, 6.07) is 0. The van der Waals surface area contributed by atoms with Crippen molar-refractivity contribution in [3.8, 4) is 0 Å². The zero-order valence-electron chi connectivity index (χ0n) is 9.38. The Morgan fingerprint density at radius 2 is 2.14 bits per heavy atom. The van der Waals surface area contributed by atoms with Crippen molar-refractivity contribution >= 4 is 0 Å². The third kappa shape index (κ3) is 1.51. The predicted octanol–water partition coefficient (Wildman–Crippen LogP) is 2.60. The molecule has 0 bridgehead atoms. The lowest BCUT2D eigenvalue weighted by Gasteiger charge is -2.23. The molecule has 2 heteroatoms. The van der Waals surface area contributed by atoms with Crippen molar-refractivity contribution in [3.05, 3.63) is 12.2 Å². The Hall–Kier alpha value is -0.340. The zero-order valence-corrected chi connectivity index (χ0v) is 9.38. The summed E-state index contributed by atoms with van der Waals surface area (Å²) in [5.41, 5.74) is 1.78. The van der Waals surface area contributed by atoms with Crippen LogP contribution in [0.4, 0.5) is 0 Å². The number of hydrogen-bond donors (Lipinski definition) is 0. The van der Waals surface area contributed by atoms with Crippen LogP contribution in [0.5, 0.6) is 0 Å². The molecular weight excluding hydrogens is 176 g/mol. The molecule has 0 spiro atoms. The highest BCUT2D eigenvalue weighted by Gasteiger charge is 2.60. The molecule has 80 valence electrons. The molecule has 2 saturated carbocycles. The van der Waals surface area contributed by atoms with E-state index in [1.165, 1.54) is 5.57 Å². The largest absolute Gasteiger partial charge is 0.359 e. The van der Waals surface area contributed by atoms with Crippen LogP contribution in [-0.2, 0) is 9.47 Å². The van der Waals surface area contributed by atoms with E-state index in [-0.39, 0.29) is 6.10 Å². The highest BCUT2D eigenvalue weighted by Crippen LogP contribution is 2.65. The van der Waals surface area contributed by atoms with Gasteiger partial charge in [0, 0.05) is 7.11 Å². The van der Waals surface area contributed by atoms with Crippen molar-refractivity contribution in [3.63, 3.8) is 0 Å². The van der Waals surface area contributed by atoms with Crippen LogP contribution >= 0.6 is 0 Å². The molecule has 0 heterocycles. The summed E-state index contributed by atoms with van der Waals surface area (Å²) in [7, 11) is 1.66. The van der Waals surface area contributed by atoms with Gasteiger partial charge < -0.3 is 9.47 Å². The van der Waals surface area contributed by atoms with Crippen LogP contribution < -0.4 is 0 Å². The van der Waals surface area contributed by atoms with E-state index in [2.05, 4.69) is 20.4 Å². The highest BCUT2D eigenvalue weighted by molar-refractivity contribution is 5.20. The maximum absolute atomic E-state index is 5.61. The second-order valence-electron chi connectivity index (χ2n) is 5.19. The molecule has 0 amide bonds. The Bertz CT molecular complexity index is 245. The Morgan fingerprint density at radius 3 is 2.79 bits per heavy atom. The smallest absolute Gasteiger partial charge is 0.147 e. The maximum atomic E-state index is 5.61. The second kappa shape index (κ2) is 3.35. The molecule has 0 aromatic heterocycles. The molecule has 0 saturated heterocycles. The van der Waals surface area contributed by atoms with Crippen molar-refractivity contribution in [1.29, 1.82) is 0 Å². The molecule has 2 aliphatic carbocycles. The first kappa shape index (κ1) is 10.2. The van der Waals surface area contributed by atoms with Crippen molar-refractivity contribution in [2.45, 2.75) is 32.8 Å². The van der Waals surface area contributed by atoms with Crippen LogP contribution in [0.15, 0.2) is 12.2 Å². The Balaban J connectivity index is 1.93. The van der Waals surface area contributed by atoms with Crippen LogP contribution in [0.2, 0.25) is 0 Å². The van der Waals surface area contributed by atoms with Crippen molar-refractivity contribution < 1.29 is 9.47 Å². The first-order chi connectivity index (χ1) is 6.57. The fourth-order valence-electron chi connectivity index (χ4n) is 2.88. The summed E-state index contributed by atoms with van der Waals surface area (Å²) >= 11 is 0. The lowest BCUT2D eigenvalue weighted by Crippen LogP contribution is -2.21. The van der Waals surface area contributed by atoms with Crippen LogP contribution in [0, 0.1) is 17.3 Å². The van der Waals surface area contributed by atoms with Crippen LogP contribution in [-0.4, -0.2) is 20.0 Å². The van der Waals surface area contributed by atoms with Gasteiger partial charge in [0.1, 0.15) is 6.79 Å². The molecular formula is C12H20O2. The van der Waals surface area contributed by atoms with E-state index in [9.17, 15) is 0 Å². The Morgan fingerprint density at radius 1 is 1.43 bits per heavy atom. The maximum Gasteiger partial charge on any atom is 0.147 e. The molecule has 3 unspecified atom stereocenters. The molecule has 0 N–H and O–H groups in total. The molecule has 0 aliphatic heterocycles. The van der Waals surface area contributed by atoms with Gasteiger partial charge in [0.05, 0.1) is 6.10 Å². The van der Waals surface area contributed by atoms with Crippen molar-refractivity contribution in [2.75, 3.05) is 13.9 Å². The van der Waals surface area contributed by atoms with E-state index in [1.54, 1.807) is 7.11 Å². The van der Waals surface area contributed by atoms with E-state index in [4.69, 9.17) is 9.47 Å². The number of rotatable bonds is 3. The minimum absolute atomic E-state index is 0.234. The van der Waals surface area contributed by atoms with Gasteiger partial charge in [-0.05, 0) is 35.7 Å². The predicted molar refractivity (Wildman–Crippen MR) is 55.9 cm³/mol. The number of fused-ring (bicyclic) bond motifs is 1. The van der Waals surface area contributed by atoms with Crippen LogP contribution in [0.1, 0.15) is 26.7 Å². The van der Waals surface area contributed by atoms with Gasteiger partial charge in [0.25, 0.3) is 0 Å². The highest BCUT2D eigenvalue weighted by atomic mass is 16.7. The summed E-state index contributed by atoms with van der Waals surface area (Å²) in [6.45, 7) is 9.21. The van der Waals surface area contributed by atoms with Gasteiger partial charge in [-0.3, -0.25) is 0 Å². The standard InChI is InChI=1S/C12H20O2/c1-8-5-9-10(12(9,2)3)6-11(8)14-7-13-4/h9-11H,1,5-7H2,2-4H3. The quantitative estimate of drug-likeness (QED) is 0.510. The van der Waals surface area contributed by atoms with E-state index in [0.717, 1.165) is 24.7 Å². The molecule has 0 aromatic carbocycles. The van der Waals surface area contributed by atoms with Gasteiger partial charge in [-0.1, -0.05) is 20.4 Å². The van der Waals surface area contributed by atoms with Crippen molar-refractivity contribution in [2.24, 2.45) is 17.3 Å². The summed E-state index contributed by atoms with van der Waals surface area (Å²) in [5, 5.41) is 0. The first-order valence-corrected chi connectivity index (χ1v) is 5.35. The Labute approximate surface area is 86.3 Å². The summed E-state index contributed by atoms with van der Waals surface area (Å²) in [6.07, 6.45) is 2.52. The third-order valence-corrected chi connectivity index (χ3v) is 4.08. The minimum atomic E-state index is 0.234. The zero-order chi connectivity index (χ0) is 10.3. The molecule has 14 heavy (non-hydrogen) atoms. The normalized spacial score (nSPS) is 39.4. The minimum Gasteiger partial charge on any atom is -0.359 e. The van der Waals surface area contributed by atoms with Crippen molar-refractivity contribution in [1.82, 2.24) is 0 Å². The number of ether oxygens (including phenoxy) is 2.